The Morgan fingerprint density at radius 1 is 1.11 bits per heavy atom. The Kier molecular flexibility index (Phi) is 4.74. The second-order valence-electron chi connectivity index (χ2n) is 4.58. The normalized spacial score (nSPS) is 10.6. The van der Waals surface area contributed by atoms with Crippen LogP contribution in [0, 0.1) is 0 Å². The largest absolute Gasteiger partial charge is 0.493 e. The summed E-state index contributed by atoms with van der Waals surface area (Å²) in [6.07, 6.45) is 3.48. The summed E-state index contributed by atoms with van der Waals surface area (Å²) in [4.78, 5) is 0.425. The van der Waals surface area contributed by atoms with Crippen molar-refractivity contribution in [2.45, 2.75) is 26.2 Å². The third-order valence-corrected chi connectivity index (χ3v) is 3.37. The predicted octanol–water partition coefficient (Wildman–Crippen LogP) is 4.04. The molecule has 2 aromatic rings. The molecule has 2 rings (SSSR count). The standard InChI is InChI=1S/C16H19NOS/c1-2-3-6-11-18-15-10-9-14(16(17)19)12-7-4-5-8-13(12)15/h4-5,7-10H,2-3,6,11H2,1H3,(H2,17,19). The van der Waals surface area contributed by atoms with Crippen LogP contribution in [0.25, 0.3) is 10.8 Å². The third kappa shape index (κ3) is 3.24. The van der Waals surface area contributed by atoms with Crippen LogP contribution in [0.15, 0.2) is 36.4 Å². The van der Waals surface area contributed by atoms with Gasteiger partial charge in [0, 0.05) is 10.9 Å². The summed E-state index contributed by atoms with van der Waals surface area (Å²) in [6.45, 7) is 2.94. The molecular formula is C16H19NOS. The van der Waals surface area contributed by atoms with E-state index >= 15 is 0 Å². The monoisotopic (exact) mass is 273 g/mol. The number of ether oxygens (including phenoxy) is 1. The van der Waals surface area contributed by atoms with Crippen molar-refractivity contribution in [2.75, 3.05) is 6.61 Å². The molecule has 19 heavy (non-hydrogen) atoms. The minimum absolute atomic E-state index is 0.425. The Labute approximate surface area is 119 Å². The van der Waals surface area contributed by atoms with Crippen molar-refractivity contribution in [1.29, 1.82) is 0 Å². The van der Waals surface area contributed by atoms with Crippen molar-refractivity contribution in [3.8, 4) is 5.75 Å². The van der Waals surface area contributed by atoms with E-state index in [0.717, 1.165) is 35.1 Å². The maximum atomic E-state index is 5.87. The lowest BCUT2D eigenvalue weighted by atomic mass is 10.0. The number of rotatable bonds is 6. The molecule has 0 amide bonds. The quantitative estimate of drug-likeness (QED) is 0.637. The Balaban J connectivity index is 2.30. The Hall–Kier alpha value is -1.61. The molecule has 0 saturated carbocycles. The van der Waals surface area contributed by atoms with Gasteiger partial charge in [-0.1, -0.05) is 56.2 Å². The van der Waals surface area contributed by atoms with Crippen molar-refractivity contribution >= 4 is 28.0 Å². The van der Waals surface area contributed by atoms with Crippen molar-refractivity contribution in [1.82, 2.24) is 0 Å². The van der Waals surface area contributed by atoms with Gasteiger partial charge in [0.1, 0.15) is 10.7 Å². The predicted molar refractivity (Wildman–Crippen MR) is 84.9 cm³/mol. The first-order chi connectivity index (χ1) is 9.24. The number of unbranched alkanes of at least 4 members (excludes halogenated alkanes) is 2. The van der Waals surface area contributed by atoms with Crippen LogP contribution < -0.4 is 10.5 Å². The summed E-state index contributed by atoms with van der Waals surface area (Å²) in [5, 5.41) is 2.13. The third-order valence-electron chi connectivity index (χ3n) is 3.15. The smallest absolute Gasteiger partial charge is 0.127 e. The zero-order chi connectivity index (χ0) is 13.7. The van der Waals surface area contributed by atoms with Crippen molar-refractivity contribution in [3.05, 3.63) is 42.0 Å². The first-order valence-electron chi connectivity index (χ1n) is 6.68. The molecule has 0 aliphatic rings. The summed E-state index contributed by atoms with van der Waals surface area (Å²) in [5.74, 6) is 0.909. The molecular weight excluding hydrogens is 254 g/mol. The molecule has 0 atom stereocenters. The topological polar surface area (TPSA) is 35.2 Å². The fourth-order valence-electron chi connectivity index (χ4n) is 2.15. The van der Waals surface area contributed by atoms with E-state index in [9.17, 15) is 0 Å². The van der Waals surface area contributed by atoms with E-state index in [-0.39, 0.29) is 0 Å². The Morgan fingerprint density at radius 3 is 2.53 bits per heavy atom. The zero-order valence-electron chi connectivity index (χ0n) is 11.2. The minimum atomic E-state index is 0.425. The average Bonchev–Trinajstić information content (AvgIpc) is 2.43. The van der Waals surface area contributed by atoms with Crippen molar-refractivity contribution in [3.63, 3.8) is 0 Å². The van der Waals surface area contributed by atoms with Crippen LogP contribution in [0.5, 0.6) is 5.75 Å². The first kappa shape index (κ1) is 13.8. The number of hydrogen-bond donors (Lipinski definition) is 1. The summed E-state index contributed by atoms with van der Waals surface area (Å²) in [5.41, 5.74) is 6.67. The van der Waals surface area contributed by atoms with E-state index in [1.165, 1.54) is 12.8 Å². The van der Waals surface area contributed by atoms with Gasteiger partial charge >= 0.3 is 0 Å². The van der Waals surface area contributed by atoms with Crippen LogP contribution in [0.1, 0.15) is 31.7 Å². The summed E-state index contributed by atoms with van der Waals surface area (Å²) in [7, 11) is 0. The highest BCUT2D eigenvalue weighted by Crippen LogP contribution is 2.28. The van der Waals surface area contributed by atoms with Crippen LogP contribution in [0.2, 0.25) is 0 Å². The van der Waals surface area contributed by atoms with Gasteiger partial charge in [0.25, 0.3) is 0 Å². The number of benzene rings is 2. The van der Waals surface area contributed by atoms with Crippen LogP contribution in [-0.4, -0.2) is 11.6 Å². The summed E-state index contributed by atoms with van der Waals surface area (Å²) < 4.78 is 5.87. The average molecular weight is 273 g/mol. The lowest BCUT2D eigenvalue weighted by Gasteiger charge is -2.11. The molecule has 0 saturated heterocycles. The minimum Gasteiger partial charge on any atom is -0.493 e. The van der Waals surface area contributed by atoms with E-state index < -0.39 is 0 Å². The maximum Gasteiger partial charge on any atom is 0.127 e. The van der Waals surface area contributed by atoms with Crippen LogP contribution >= 0.6 is 12.2 Å². The van der Waals surface area contributed by atoms with Gasteiger partial charge in [-0.3, -0.25) is 0 Å². The molecule has 0 aliphatic carbocycles. The molecule has 0 heterocycles. The fourth-order valence-corrected chi connectivity index (χ4v) is 2.32. The van der Waals surface area contributed by atoms with Gasteiger partial charge < -0.3 is 10.5 Å². The SMILES string of the molecule is CCCCCOc1ccc(C(N)=S)c2ccccc12. The van der Waals surface area contributed by atoms with Gasteiger partial charge in [0.2, 0.25) is 0 Å². The molecule has 3 heteroatoms. The number of thiocarbonyl (C=S) groups is 1. The highest BCUT2D eigenvalue weighted by atomic mass is 32.1. The molecule has 2 N–H and O–H groups in total. The van der Waals surface area contributed by atoms with Crippen molar-refractivity contribution < 1.29 is 4.74 Å². The van der Waals surface area contributed by atoms with Crippen LogP contribution in [0.3, 0.4) is 0 Å². The molecule has 0 fully saturated rings. The number of nitrogens with two attached hydrogens (primary N) is 1. The lowest BCUT2D eigenvalue weighted by Crippen LogP contribution is -2.10. The molecule has 0 aromatic heterocycles. The molecule has 0 bridgehead atoms. The summed E-state index contributed by atoms with van der Waals surface area (Å²) in [6, 6.07) is 12.0. The number of fused-ring (bicyclic) bond motifs is 1. The molecule has 0 radical (unpaired) electrons. The lowest BCUT2D eigenvalue weighted by molar-refractivity contribution is 0.310. The van der Waals surface area contributed by atoms with Gasteiger partial charge in [0.15, 0.2) is 0 Å². The van der Waals surface area contributed by atoms with E-state index in [0.29, 0.717) is 4.99 Å². The van der Waals surface area contributed by atoms with Gasteiger partial charge in [-0.2, -0.15) is 0 Å². The van der Waals surface area contributed by atoms with E-state index in [1.807, 2.05) is 36.4 Å². The van der Waals surface area contributed by atoms with Gasteiger partial charge in [-0.25, -0.2) is 0 Å². The molecule has 2 aromatic carbocycles. The van der Waals surface area contributed by atoms with Crippen LogP contribution in [0.4, 0.5) is 0 Å². The number of hydrogen-bond acceptors (Lipinski definition) is 2. The molecule has 0 aliphatic heterocycles. The maximum absolute atomic E-state index is 5.87. The van der Waals surface area contributed by atoms with Crippen LogP contribution in [-0.2, 0) is 0 Å². The van der Waals surface area contributed by atoms with Crippen molar-refractivity contribution in [2.24, 2.45) is 5.73 Å². The zero-order valence-corrected chi connectivity index (χ0v) is 12.0. The molecule has 100 valence electrons. The van der Waals surface area contributed by atoms with E-state index in [1.54, 1.807) is 0 Å². The van der Waals surface area contributed by atoms with Gasteiger partial charge in [-0.05, 0) is 23.9 Å². The van der Waals surface area contributed by atoms with Gasteiger partial charge in [-0.15, -0.1) is 0 Å². The summed E-state index contributed by atoms with van der Waals surface area (Å²) >= 11 is 5.09. The first-order valence-corrected chi connectivity index (χ1v) is 7.09. The molecule has 2 nitrogen and oxygen atoms in total. The van der Waals surface area contributed by atoms with Gasteiger partial charge in [0.05, 0.1) is 6.61 Å². The van der Waals surface area contributed by atoms with E-state index in [2.05, 4.69) is 6.92 Å². The fraction of sp³-hybridized carbons (Fsp3) is 0.312. The second kappa shape index (κ2) is 6.53. The Morgan fingerprint density at radius 2 is 1.84 bits per heavy atom. The molecule has 0 unspecified atom stereocenters. The molecule has 0 spiro atoms. The highest BCUT2D eigenvalue weighted by Gasteiger charge is 2.08. The van der Waals surface area contributed by atoms with E-state index in [4.69, 9.17) is 22.7 Å². The second-order valence-corrected chi connectivity index (χ2v) is 5.02. The highest BCUT2D eigenvalue weighted by molar-refractivity contribution is 7.80. The Bertz CT molecular complexity index is 580.